The number of fused-ring (bicyclic) bond motifs is 1. The molecule has 0 spiro atoms. The molecule has 0 saturated heterocycles. The maximum atomic E-state index is 12.5. The van der Waals surface area contributed by atoms with Crippen LogP contribution in [0.15, 0.2) is 47.3 Å². The molecular weight excluding hydrogens is 364 g/mol. The fourth-order valence-corrected chi connectivity index (χ4v) is 3.83. The van der Waals surface area contributed by atoms with Gasteiger partial charge in [0.1, 0.15) is 11.5 Å². The third kappa shape index (κ3) is 4.14. The monoisotopic (exact) mass is 386 g/mol. The molecule has 0 unspecified atom stereocenters. The SMILES string of the molecule is COc1cccc(O[C@H](C)C(=O)Nc2ccc3c(c2)sc(=O)n3C(C)C)c1. The third-order valence-corrected chi connectivity index (χ3v) is 5.04. The zero-order valence-corrected chi connectivity index (χ0v) is 16.5. The van der Waals surface area contributed by atoms with E-state index in [2.05, 4.69) is 5.32 Å². The maximum absolute atomic E-state index is 12.5. The van der Waals surface area contributed by atoms with Gasteiger partial charge in [0.05, 0.1) is 17.3 Å². The topological polar surface area (TPSA) is 69.6 Å². The quantitative estimate of drug-likeness (QED) is 0.694. The molecule has 0 radical (unpaired) electrons. The van der Waals surface area contributed by atoms with Crippen LogP contribution in [0.5, 0.6) is 11.5 Å². The van der Waals surface area contributed by atoms with Gasteiger partial charge in [0.2, 0.25) is 0 Å². The molecule has 142 valence electrons. The van der Waals surface area contributed by atoms with Crippen molar-refractivity contribution in [3.8, 4) is 11.5 Å². The summed E-state index contributed by atoms with van der Waals surface area (Å²) in [7, 11) is 1.58. The summed E-state index contributed by atoms with van der Waals surface area (Å²) >= 11 is 1.17. The van der Waals surface area contributed by atoms with Crippen molar-refractivity contribution in [2.45, 2.75) is 32.9 Å². The lowest BCUT2D eigenvalue weighted by molar-refractivity contribution is -0.122. The zero-order valence-electron chi connectivity index (χ0n) is 15.7. The van der Waals surface area contributed by atoms with Gasteiger partial charge in [0, 0.05) is 17.8 Å². The van der Waals surface area contributed by atoms with Crippen molar-refractivity contribution >= 4 is 33.1 Å². The smallest absolute Gasteiger partial charge is 0.308 e. The highest BCUT2D eigenvalue weighted by atomic mass is 32.1. The Balaban J connectivity index is 1.74. The average Bonchev–Trinajstić information content (AvgIpc) is 2.96. The fraction of sp³-hybridized carbons (Fsp3) is 0.300. The average molecular weight is 386 g/mol. The second-order valence-electron chi connectivity index (χ2n) is 6.44. The first-order valence-corrected chi connectivity index (χ1v) is 9.47. The van der Waals surface area contributed by atoms with Crippen LogP contribution < -0.4 is 19.7 Å². The molecule has 0 fully saturated rings. The highest BCUT2D eigenvalue weighted by molar-refractivity contribution is 7.16. The number of methoxy groups -OCH3 is 1. The van der Waals surface area contributed by atoms with Crippen molar-refractivity contribution in [3.63, 3.8) is 0 Å². The molecule has 3 aromatic rings. The van der Waals surface area contributed by atoms with Gasteiger partial charge in [0.15, 0.2) is 6.10 Å². The molecule has 2 aromatic carbocycles. The Hall–Kier alpha value is -2.80. The van der Waals surface area contributed by atoms with Crippen molar-refractivity contribution in [1.29, 1.82) is 0 Å². The molecule has 1 heterocycles. The van der Waals surface area contributed by atoms with Crippen LogP contribution in [0, 0.1) is 0 Å². The predicted molar refractivity (Wildman–Crippen MR) is 108 cm³/mol. The normalized spacial score (nSPS) is 12.2. The fourth-order valence-electron chi connectivity index (χ4n) is 2.78. The van der Waals surface area contributed by atoms with E-state index >= 15 is 0 Å². The molecule has 0 aliphatic carbocycles. The number of benzene rings is 2. The Kier molecular flexibility index (Phi) is 5.51. The molecule has 0 bridgehead atoms. The third-order valence-electron chi connectivity index (χ3n) is 4.12. The van der Waals surface area contributed by atoms with Crippen LogP contribution in [0.3, 0.4) is 0 Å². The number of anilines is 1. The summed E-state index contributed by atoms with van der Waals surface area (Å²) in [6.07, 6.45) is -0.688. The second-order valence-corrected chi connectivity index (χ2v) is 7.44. The number of hydrogen-bond acceptors (Lipinski definition) is 5. The minimum Gasteiger partial charge on any atom is -0.497 e. The molecule has 7 heteroatoms. The largest absolute Gasteiger partial charge is 0.497 e. The van der Waals surface area contributed by atoms with Crippen LogP contribution in [0.2, 0.25) is 0 Å². The van der Waals surface area contributed by atoms with Gasteiger partial charge >= 0.3 is 4.87 Å². The number of thiazole rings is 1. The van der Waals surface area contributed by atoms with Crippen molar-refractivity contribution in [2.75, 3.05) is 12.4 Å². The van der Waals surface area contributed by atoms with E-state index in [1.807, 2.05) is 32.0 Å². The summed E-state index contributed by atoms with van der Waals surface area (Å²) in [5.74, 6) is 0.947. The summed E-state index contributed by atoms with van der Waals surface area (Å²) in [6, 6.07) is 12.7. The Bertz CT molecular complexity index is 1020. The van der Waals surface area contributed by atoms with E-state index in [9.17, 15) is 9.59 Å². The Morgan fingerprint density at radius 1 is 1.11 bits per heavy atom. The maximum Gasteiger partial charge on any atom is 0.308 e. The minimum atomic E-state index is -0.688. The molecule has 1 aromatic heterocycles. The van der Waals surface area contributed by atoms with Crippen LogP contribution in [0.1, 0.15) is 26.8 Å². The molecule has 6 nitrogen and oxygen atoms in total. The van der Waals surface area contributed by atoms with Crippen LogP contribution in [0.25, 0.3) is 10.2 Å². The van der Waals surface area contributed by atoms with Gasteiger partial charge in [-0.1, -0.05) is 17.4 Å². The van der Waals surface area contributed by atoms with E-state index in [0.29, 0.717) is 17.2 Å². The number of carbonyl (C=O) groups is 1. The first-order valence-electron chi connectivity index (χ1n) is 8.65. The summed E-state index contributed by atoms with van der Waals surface area (Å²) in [4.78, 5) is 24.6. The molecule has 0 aliphatic rings. The predicted octanol–water partition coefficient (Wildman–Crippen LogP) is 4.06. The second kappa shape index (κ2) is 7.84. The number of amides is 1. The first kappa shape index (κ1) is 19.0. The van der Waals surface area contributed by atoms with Crippen LogP contribution in [-0.4, -0.2) is 23.7 Å². The van der Waals surface area contributed by atoms with Crippen LogP contribution in [-0.2, 0) is 4.79 Å². The van der Waals surface area contributed by atoms with Crippen LogP contribution >= 0.6 is 11.3 Å². The van der Waals surface area contributed by atoms with E-state index in [1.54, 1.807) is 42.9 Å². The lowest BCUT2D eigenvalue weighted by atomic mass is 10.2. The number of rotatable bonds is 6. The Morgan fingerprint density at radius 3 is 2.56 bits per heavy atom. The lowest BCUT2D eigenvalue weighted by Gasteiger charge is -2.15. The van der Waals surface area contributed by atoms with Crippen molar-refractivity contribution < 1.29 is 14.3 Å². The number of carbonyl (C=O) groups excluding carboxylic acids is 1. The molecule has 1 N–H and O–H groups in total. The molecular formula is C20H22N2O4S. The first-order chi connectivity index (χ1) is 12.9. The van der Waals surface area contributed by atoms with E-state index in [-0.39, 0.29) is 16.8 Å². The van der Waals surface area contributed by atoms with E-state index < -0.39 is 6.10 Å². The van der Waals surface area contributed by atoms with Crippen molar-refractivity contribution in [1.82, 2.24) is 4.57 Å². The molecule has 3 rings (SSSR count). The molecule has 0 aliphatic heterocycles. The van der Waals surface area contributed by atoms with Gasteiger partial charge in [-0.05, 0) is 51.1 Å². The molecule has 1 amide bonds. The summed E-state index contributed by atoms with van der Waals surface area (Å²) in [6.45, 7) is 5.63. The highest BCUT2D eigenvalue weighted by Gasteiger charge is 2.16. The summed E-state index contributed by atoms with van der Waals surface area (Å²) < 4.78 is 13.4. The van der Waals surface area contributed by atoms with E-state index in [1.165, 1.54) is 11.3 Å². The minimum absolute atomic E-state index is 0.00166. The van der Waals surface area contributed by atoms with Gasteiger partial charge in [-0.2, -0.15) is 0 Å². The van der Waals surface area contributed by atoms with Gasteiger partial charge in [0.25, 0.3) is 5.91 Å². The Labute approximate surface area is 161 Å². The summed E-state index contributed by atoms with van der Waals surface area (Å²) in [5.41, 5.74) is 1.50. The molecule has 0 saturated carbocycles. The van der Waals surface area contributed by atoms with Gasteiger partial charge < -0.3 is 14.8 Å². The number of nitrogens with zero attached hydrogens (tertiary/aromatic N) is 1. The number of nitrogens with one attached hydrogen (secondary N) is 1. The van der Waals surface area contributed by atoms with Gasteiger partial charge in [-0.25, -0.2) is 0 Å². The zero-order chi connectivity index (χ0) is 19.6. The highest BCUT2D eigenvalue weighted by Crippen LogP contribution is 2.25. The van der Waals surface area contributed by atoms with E-state index in [4.69, 9.17) is 9.47 Å². The number of aromatic nitrogens is 1. The lowest BCUT2D eigenvalue weighted by Crippen LogP contribution is -2.30. The summed E-state index contributed by atoms with van der Waals surface area (Å²) in [5, 5.41) is 2.84. The van der Waals surface area contributed by atoms with Crippen molar-refractivity contribution in [2.24, 2.45) is 0 Å². The molecule has 1 atom stereocenters. The standard InChI is InChI=1S/C20H22N2O4S/c1-12(2)22-17-9-8-14(10-18(17)27-20(22)24)21-19(23)13(3)26-16-7-5-6-15(11-16)25-4/h5-13H,1-4H3,(H,21,23)/t13-/m1/s1. The van der Waals surface area contributed by atoms with Crippen LogP contribution in [0.4, 0.5) is 5.69 Å². The number of ether oxygens (including phenoxy) is 2. The van der Waals surface area contributed by atoms with Gasteiger partial charge in [-0.3, -0.25) is 14.2 Å². The van der Waals surface area contributed by atoms with Crippen molar-refractivity contribution in [3.05, 3.63) is 52.1 Å². The Morgan fingerprint density at radius 2 is 1.85 bits per heavy atom. The molecule has 27 heavy (non-hydrogen) atoms. The number of hydrogen-bond donors (Lipinski definition) is 1. The van der Waals surface area contributed by atoms with E-state index in [0.717, 1.165) is 10.2 Å². The van der Waals surface area contributed by atoms with Gasteiger partial charge in [-0.15, -0.1) is 0 Å².